The van der Waals surface area contributed by atoms with Crippen LogP contribution in [0.5, 0.6) is 0 Å². The fourth-order valence-electron chi connectivity index (χ4n) is 2.02. The first-order chi connectivity index (χ1) is 8.20. The first-order valence-corrected chi connectivity index (χ1v) is 5.90. The molecular weight excluding hydrogens is 252 g/mol. The van der Waals surface area contributed by atoms with Crippen LogP contribution in [0.15, 0.2) is 24.3 Å². The zero-order chi connectivity index (χ0) is 12.3. The molecule has 1 aromatic carbocycles. The van der Waals surface area contributed by atoms with Gasteiger partial charge in [0.2, 0.25) is 0 Å². The summed E-state index contributed by atoms with van der Waals surface area (Å²) in [5.41, 5.74) is 7.27. The minimum Gasteiger partial charge on any atom is -0.375 e. The molecule has 100 valence electrons. The van der Waals surface area contributed by atoms with Crippen LogP contribution in [0.25, 0.3) is 0 Å². The molecule has 1 atom stereocenters. The number of halogens is 1. The van der Waals surface area contributed by atoms with Gasteiger partial charge in [-0.25, -0.2) is 0 Å². The van der Waals surface area contributed by atoms with Gasteiger partial charge in [0.1, 0.15) is 0 Å². The van der Waals surface area contributed by atoms with Crippen LogP contribution >= 0.6 is 12.4 Å². The minimum absolute atomic E-state index is 0. The van der Waals surface area contributed by atoms with Crippen LogP contribution in [-0.2, 0) is 11.3 Å². The Hall–Kier alpha value is -1.10. The van der Waals surface area contributed by atoms with Crippen molar-refractivity contribution in [2.45, 2.75) is 19.6 Å². The van der Waals surface area contributed by atoms with Crippen molar-refractivity contribution < 1.29 is 9.53 Å². The second-order valence-electron chi connectivity index (χ2n) is 4.34. The molecule has 1 saturated heterocycles. The molecule has 2 N–H and O–H groups in total. The lowest BCUT2D eigenvalue weighted by Gasteiger charge is -2.31. The standard InChI is InChI=1S/C13H18N2O2.ClH/c1-10-9-15(5-6-17-10)13(16)12-4-2-3-11(7-12)8-14;/h2-4,7,10H,5-6,8-9,14H2,1H3;1H. The molecule has 1 aliphatic heterocycles. The summed E-state index contributed by atoms with van der Waals surface area (Å²) in [6.07, 6.45) is 0.116. The second kappa shape index (κ2) is 6.73. The van der Waals surface area contributed by atoms with Gasteiger partial charge in [-0.15, -0.1) is 12.4 Å². The molecule has 0 radical (unpaired) electrons. The van der Waals surface area contributed by atoms with Crippen LogP contribution in [0, 0.1) is 0 Å². The predicted molar refractivity (Wildman–Crippen MR) is 72.9 cm³/mol. The first-order valence-electron chi connectivity index (χ1n) is 5.90. The average Bonchev–Trinajstić information content (AvgIpc) is 2.38. The molecule has 1 heterocycles. The fraction of sp³-hybridized carbons (Fsp3) is 0.462. The smallest absolute Gasteiger partial charge is 0.254 e. The zero-order valence-electron chi connectivity index (χ0n) is 10.5. The van der Waals surface area contributed by atoms with Gasteiger partial charge in [0.15, 0.2) is 0 Å². The maximum atomic E-state index is 12.2. The number of hydrogen-bond donors (Lipinski definition) is 1. The Kier molecular flexibility index (Phi) is 5.59. The third-order valence-corrected chi connectivity index (χ3v) is 2.94. The van der Waals surface area contributed by atoms with E-state index in [0.717, 1.165) is 5.56 Å². The molecule has 1 aliphatic rings. The van der Waals surface area contributed by atoms with Crippen LogP contribution in [-0.4, -0.2) is 36.6 Å². The number of ether oxygens (including phenoxy) is 1. The van der Waals surface area contributed by atoms with E-state index in [1.165, 1.54) is 0 Å². The van der Waals surface area contributed by atoms with Crippen molar-refractivity contribution in [1.29, 1.82) is 0 Å². The highest BCUT2D eigenvalue weighted by Crippen LogP contribution is 2.12. The van der Waals surface area contributed by atoms with Crippen LogP contribution in [0.2, 0.25) is 0 Å². The Morgan fingerprint density at radius 3 is 3.00 bits per heavy atom. The molecule has 0 bridgehead atoms. The minimum atomic E-state index is 0. The predicted octanol–water partition coefficient (Wildman–Crippen LogP) is 1.43. The Balaban J connectivity index is 0.00000162. The Bertz CT molecular complexity index is 412. The van der Waals surface area contributed by atoms with Crippen molar-refractivity contribution in [3.05, 3.63) is 35.4 Å². The van der Waals surface area contributed by atoms with E-state index in [-0.39, 0.29) is 24.4 Å². The van der Waals surface area contributed by atoms with Crippen molar-refractivity contribution >= 4 is 18.3 Å². The van der Waals surface area contributed by atoms with Gasteiger partial charge in [0, 0.05) is 25.2 Å². The van der Waals surface area contributed by atoms with E-state index in [1.807, 2.05) is 36.1 Å². The molecule has 0 aromatic heterocycles. The van der Waals surface area contributed by atoms with Crippen LogP contribution in [0.1, 0.15) is 22.8 Å². The molecule has 5 heteroatoms. The van der Waals surface area contributed by atoms with E-state index in [1.54, 1.807) is 0 Å². The topological polar surface area (TPSA) is 55.6 Å². The van der Waals surface area contributed by atoms with Crippen LogP contribution in [0.3, 0.4) is 0 Å². The van der Waals surface area contributed by atoms with Gasteiger partial charge in [-0.05, 0) is 24.6 Å². The number of hydrogen-bond acceptors (Lipinski definition) is 3. The lowest BCUT2D eigenvalue weighted by Crippen LogP contribution is -2.44. The van der Waals surface area contributed by atoms with Crippen molar-refractivity contribution in [3.8, 4) is 0 Å². The molecule has 0 saturated carbocycles. The van der Waals surface area contributed by atoms with E-state index in [0.29, 0.717) is 31.8 Å². The van der Waals surface area contributed by atoms with Gasteiger partial charge in [0.05, 0.1) is 12.7 Å². The summed E-state index contributed by atoms with van der Waals surface area (Å²) in [6, 6.07) is 7.50. The summed E-state index contributed by atoms with van der Waals surface area (Å²) in [5, 5.41) is 0. The maximum absolute atomic E-state index is 12.2. The summed E-state index contributed by atoms with van der Waals surface area (Å²) in [7, 11) is 0. The first kappa shape index (κ1) is 15.0. The van der Waals surface area contributed by atoms with Gasteiger partial charge < -0.3 is 15.4 Å². The molecule has 0 spiro atoms. The number of carbonyl (C=O) groups is 1. The van der Waals surface area contributed by atoms with E-state index >= 15 is 0 Å². The summed E-state index contributed by atoms with van der Waals surface area (Å²) in [4.78, 5) is 14.1. The van der Waals surface area contributed by atoms with Crippen molar-refractivity contribution in [3.63, 3.8) is 0 Å². The van der Waals surface area contributed by atoms with E-state index < -0.39 is 0 Å². The SMILES string of the molecule is CC1CN(C(=O)c2cccc(CN)c2)CCO1.Cl. The number of rotatable bonds is 2. The maximum Gasteiger partial charge on any atom is 0.254 e. The summed E-state index contributed by atoms with van der Waals surface area (Å²) in [5.74, 6) is 0.0652. The number of carbonyl (C=O) groups excluding carboxylic acids is 1. The third-order valence-electron chi connectivity index (χ3n) is 2.94. The summed E-state index contributed by atoms with van der Waals surface area (Å²) >= 11 is 0. The Morgan fingerprint density at radius 2 is 2.33 bits per heavy atom. The largest absolute Gasteiger partial charge is 0.375 e. The number of morpholine rings is 1. The van der Waals surface area contributed by atoms with Crippen LogP contribution in [0.4, 0.5) is 0 Å². The highest BCUT2D eigenvalue weighted by molar-refractivity contribution is 5.94. The monoisotopic (exact) mass is 270 g/mol. The fourth-order valence-corrected chi connectivity index (χ4v) is 2.02. The highest BCUT2D eigenvalue weighted by atomic mass is 35.5. The number of amides is 1. The molecule has 18 heavy (non-hydrogen) atoms. The van der Waals surface area contributed by atoms with Crippen molar-refractivity contribution in [2.75, 3.05) is 19.7 Å². The average molecular weight is 271 g/mol. The quantitative estimate of drug-likeness (QED) is 0.885. The van der Waals surface area contributed by atoms with Crippen molar-refractivity contribution in [2.24, 2.45) is 5.73 Å². The van der Waals surface area contributed by atoms with E-state index in [2.05, 4.69) is 0 Å². The van der Waals surface area contributed by atoms with Gasteiger partial charge in [-0.2, -0.15) is 0 Å². The van der Waals surface area contributed by atoms with Crippen molar-refractivity contribution in [1.82, 2.24) is 4.90 Å². The molecule has 1 aromatic rings. The number of nitrogens with two attached hydrogens (primary N) is 1. The molecule has 2 rings (SSSR count). The van der Waals surface area contributed by atoms with Gasteiger partial charge >= 0.3 is 0 Å². The number of nitrogens with zero attached hydrogens (tertiary/aromatic N) is 1. The molecule has 4 nitrogen and oxygen atoms in total. The lowest BCUT2D eigenvalue weighted by molar-refractivity contribution is -0.0124. The summed E-state index contributed by atoms with van der Waals surface area (Å²) < 4.78 is 5.43. The Labute approximate surface area is 114 Å². The third kappa shape index (κ3) is 3.45. The van der Waals surface area contributed by atoms with Gasteiger partial charge in [-0.1, -0.05) is 12.1 Å². The van der Waals surface area contributed by atoms with Gasteiger partial charge in [0.25, 0.3) is 5.91 Å². The molecule has 0 aliphatic carbocycles. The lowest BCUT2D eigenvalue weighted by atomic mass is 10.1. The highest BCUT2D eigenvalue weighted by Gasteiger charge is 2.22. The Morgan fingerprint density at radius 1 is 1.56 bits per heavy atom. The zero-order valence-corrected chi connectivity index (χ0v) is 11.3. The molecule has 1 fully saturated rings. The van der Waals surface area contributed by atoms with Crippen LogP contribution < -0.4 is 5.73 Å². The molecule has 1 unspecified atom stereocenters. The van der Waals surface area contributed by atoms with E-state index in [4.69, 9.17) is 10.5 Å². The molecular formula is C13H19ClN2O2. The number of benzene rings is 1. The molecule has 1 amide bonds. The normalized spacial score (nSPS) is 19.2. The van der Waals surface area contributed by atoms with E-state index in [9.17, 15) is 4.79 Å². The van der Waals surface area contributed by atoms with Gasteiger partial charge in [-0.3, -0.25) is 4.79 Å². The summed E-state index contributed by atoms with van der Waals surface area (Å²) in [6.45, 7) is 4.38. The second-order valence-corrected chi connectivity index (χ2v) is 4.34.